The Morgan fingerprint density at radius 2 is 1.92 bits per heavy atom. The number of fused-ring (bicyclic) bond motifs is 1. The van der Waals surface area contributed by atoms with Gasteiger partial charge in [0.15, 0.2) is 5.65 Å². The van der Waals surface area contributed by atoms with Crippen molar-refractivity contribution in [1.82, 2.24) is 14.6 Å². The second kappa shape index (κ2) is 6.35. The molecule has 0 bridgehead atoms. The molecule has 0 aliphatic heterocycles. The van der Waals surface area contributed by atoms with Crippen LogP contribution in [0.15, 0.2) is 36.4 Å². The van der Waals surface area contributed by atoms with Crippen LogP contribution in [0.3, 0.4) is 0 Å². The molecule has 5 heteroatoms. The van der Waals surface area contributed by atoms with Crippen molar-refractivity contribution in [3.63, 3.8) is 0 Å². The lowest BCUT2D eigenvalue weighted by Crippen LogP contribution is -2.06. The number of carbonyl (C=O) groups excluding carboxylic acids is 1. The third kappa shape index (κ3) is 2.85. The Morgan fingerprint density at radius 1 is 1.21 bits per heavy atom. The van der Waals surface area contributed by atoms with E-state index in [1.54, 1.807) is 22.7 Å². The molecule has 0 N–H and O–H groups in total. The predicted octanol–water partition coefficient (Wildman–Crippen LogP) is 4.18. The molecule has 0 saturated heterocycles. The molecule has 0 aliphatic carbocycles. The molecule has 0 radical (unpaired) electrons. The van der Waals surface area contributed by atoms with Gasteiger partial charge >= 0.3 is 0 Å². The molecule has 0 fully saturated rings. The number of aryl methyl sites for hydroxylation is 1. The van der Waals surface area contributed by atoms with Gasteiger partial charge in [-0.25, -0.2) is 13.9 Å². The topological polar surface area (TPSA) is 47.3 Å². The van der Waals surface area contributed by atoms with E-state index in [9.17, 15) is 9.18 Å². The Bertz CT molecular complexity index is 924. The van der Waals surface area contributed by atoms with E-state index in [1.165, 1.54) is 18.2 Å². The van der Waals surface area contributed by atoms with Crippen molar-refractivity contribution in [3.05, 3.63) is 59.2 Å². The third-order valence-electron chi connectivity index (χ3n) is 3.80. The van der Waals surface area contributed by atoms with E-state index in [1.807, 2.05) is 13.0 Å². The van der Waals surface area contributed by atoms with Crippen LogP contribution in [-0.2, 0) is 4.79 Å². The first-order valence-corrected chi connectivity index (χ1v) is 7.79. The SMILES string of the molecule is Cc1cc2nc(C(C)C)c(/C=C/C=O)c(-c3ccc(F)cc3)n2n1. The zero-order valence-corrected chi connectivity index (χ0v) is 13.8. The van der Waals surface area contributed by atoms with E-state index >= 15 is 0 Å². The van der Waals surface area contributed by atoms with Crippen LogP contribution in [0, 0.1) is 12.7 Å². The van der Waals surface area contributed by atoms with Gasteiger partial charge < -0.3 is 0 Å². The number of halogens is 1. The molecule has 4 nitrogen and oxygen atoms in total. The van der Waals surface area contributed by atoms with E-state index in [4.69, 9.17) is 4.98 Å². The Labute approximate surface area is 139 Å². The Balaban J connectivity index is 2.43. The van der Waals surface area contributed by atoms with Gasteiger partial charge in [0.05, 0.1) is 17.1 Å². The van der Waals surface area contributed by atoms with Gasteiger partial charge in [-0.1, -0.05) is 13.8 Å². The summed E-state index contributed by atoms with van der Waals surface area (Å²) in [4.78, 5) is 15.6. The molecule has 0 unspecified atom stereocenters. The minimum absolute atomic E-state index is 0.163. The number of benzene rings is 1. The number of hydrogen-bond acceptors (Lipinski definition) is 3. The van der Waals surface area contributed by atoms with Gasteiger partial charge in [-0.05, 0) is 49.3 Å². The second-order valence-electron chi connectivity index (χ2n) is 5.97. The van der Waals surface area contributed by atoms with Gasteiger partial charge in [0, 0.05) is 17.2 Å². The smallest absolute Gasteiger partial charge is 0.156 e. The molecular weight excluding hydrogens is 305 g/mol. The number of carbonyl (C=O) groups is 1. The highest BCUT2D eigenvalue weighted by molar-refractivity contribution is 5.81. The largest absolute Gasteiger partial charge is 0.299 e. The minimum Gasteiger partial charge on any atom is -0.299 e. The van der Waals surface area contributed by atoms with Crippen LogP contribution >= 0.6 is 0 Å². The summed E-state index contributed by atoms with van der Waals surface area (Å²) in [5.74, 6) is -0.134. The van der Waals surface area contributed by atoms with Gasteiger partial charge in [-0.3, -0.25) is 4.79 Å². The first kappa shape index (κ1) is 16.1. The lowest BCUT2D eigenvalue weighted by atomic mass is 9.98. The molecule has 2 aromatic heterocycles. The highest BCUT2D eigenvalue weighted by atomic mass is 19.1. The highest BCUT2D eigenvalue weighted by Crippen LogP contribution is 2.31. The summed E-state index contributed by atoms with van der Waals surface area (Å²) in [5, 5.41) is 4.52. The molecule has 3 rings (SSSR count). The van der Waals surface area contributed by atoms with Crippen molar-refractivity contribution in [1.29, 1.82) is 0 Å². The molecule has 0 amide bonds. The fourth-order valence-corrected chi connectivity index (χ4v) is 2.77. The quantitative estimate of drug-likeness (QED) is 0.534. The molecule has 0 atom stereocenters. The molecular formula is C19H18FN3O. The number of aldehydes is 1. The van der Waals surface area contributed by atoms with Crippen LogP contribution in [0.25, 0.3) is 23.0 Å². The van der Waals surface area contributed by atoms with Crippen LogP contribution in [0.5, 0.6) is 0 Å². The van der Waals surface area contributed by atoms with Crippen LogP contribution in [0.4, 0.5) is 4.39 Å². The summed E-state index contributed by atoms with van der Waals surface area (Å²) in [6, 6.07) is 8.17. The predicted molar refractivity (Wildman–Crippen MR) is 92.3 cm³/mol. The summed E-state index contributed by atoms with van der Waals surface area (Å²) in [6.07, 6.45) is 3.92. The summed E-state index contributed by atoms with van der Waals surface area (Å²) < 4.78 is 15.1. The zero-order chi connectivity index (χ0) is 17.3. The standard InChI is InChI=1S/C19H18FN3O/c1-12(2)18-16(5-4-10-24)19(14-6-8-15(20)9-7-14)23-17(21-18)11-13(3)22-23/h4-12H,1-3H3/b5-4+. The summed E-state index contributed by atoms with van der Waals surface area (Å²) in [6.45, 7) is 6.00. The molecule has 0 spiro atoms. The van der Waals surface area contributed by atoms with E-state index in [0.29, 0.717) is 0 Å². The molecule has 1 aromatic carbocycles. The molecule has 3 aromatic rings. The second-order valence-corrected chi connectivity index (χ2v) is 5.97. The van der Waals surface area contributed by atoms with Crippen molar-refractivity contribution < 1.29 is 9.18 Å². The van der Waals surface area contributed by atoms with Gasteiger partial charge in [-0.2, -0.15) is 5.10 Å². The summed E-state index contributed by atoms with van der Waals surface area (Å²) >= 11 is 0. The lowest BCUT2D eigenvalue weighted by Gasteiger charge is -2.16. The molecule has 122 valence electrons. The van der Waals surface area contributed by atoms with Crippen molar-refractivity contribution in [2.75, 3.05) is 0 Å². The van der Waals surface area contributed by atoms with Crippen molar-refractivity contribution in [2.24, 2.45) is 0 Å². The maximum atomic E-state index is 13.3. The number of nitrogens with zero attached hydrogens (tertiary/aromatic N) is 3. The lowest BCUT2D eigenvalue weighted by molar-refractivity contribution is -0.104. The number of allylic oxidation sites excluding steroid dienone is 1. The third-order valence-corrected chi connectivity index (χ3v) is 3.80. The van der Waals surface area contributed by atoms with E-state index in [2.05, 4.69) is 18.9 Å². The van der Waals surface area contributed by atoms with Gasteiger partial charge in [0.1, 0.15) is 12.1 Å². The molecule has 2 heterocycles. The normalized spacial score (nSPS) is 11.7. The van der Waals surface area contributed by atoms with Gasteiger partial charge in [0.25, 0.3) is 0 Å². The number of aromatic nitrogens is 3. The maximum Gasteiger partial charge on any atom is 0.156 e. The fraction of sp³-hybridized carbons (Fsp3) is 0.211. The highest BCUT2D eigenvalue weighted by Gasteiger charge is 2.18. The first-order chi connectivity index (χ1) is 11.5. The monoisotopic (exact) mass is 323 g/mol. The molecule has 0 aliphatic rings. The number of hydrogen-bond donors (Lipinski definition) is 0. The van der Waals surface area contributed by atoms with Crippen LogP contribution < -0.4 is 0 Å². The van der Waals surface area contributed by atoms with Crippen LogP contribution in [-0.4, -0.2) is 20.9 Å². The van der Waals surface area contributed by atoms with Crippen LogP contribution in [0.2, 0.25) is 0 Å². The van der Waals surface area contributed by atoms with E-state index in [0.717, 1.165) is 40.1 Å². The molecule has 0 saturated carbocycles. The first-order valence-electron chi connectivity index (χ1n) is 7.79. The van der Waals surface area contributed by atoms with Crippen molar-refractivity contribution >= 4 is 18.0 Å². The van der Waals surface area contributed by atoms with Crippen LogP contribution in [0.1, 0.15) is 36.7 Å². The fourth-order valence-electron chi connectivity index (χ4n) is 2.77. The maximum absolute atomic E-state index is 13.3. The average molecular weight is 323 g/mol. The van der Waals surface area contributed by atoms with E-state index in [-0.39, 0.29) is 11.7 Å². The van der Waals surface area contributed by atoms with Crippen molar-refractivity contribution in [3.8, 4) is 11.3 Å². The van der Waals surface area contributed by atoms with E-state index < -0.39 is 0 Å². The minimum atomic E-state index is -0.297. The summed E-state index contributed by atoms with van der Waals surface area (Å²) in [7, 11) is 0. The Hall–Kier alpha value is -2.82. The zero-order valence-electron chi connectivity index (χ0n) is 13.8. The Morgan fingerprint density at radius 3 is 2.54 bits per heavy atom. The van der Waals surface area contributed by atoms with Gasteiger partial charge in [-0.15, -0.1) is 0 Å². The number of rotatable bonds is 4. The Kier molecular flexibility index (Phi) is 4.25. The summed E-state index contributed by atoms with van der Waals surface area (Å²) in [5.41, 5.74) is 4.89. The molecule has 24 heavy (non-hydrogen) atoms. The average Bonchev–Trinajstić information content (AvgIpc) is 2.92. The van der Waals surface area contributed by atoms with Crippen molar-refractivity contribution in [2.45, 2.75) is 26.7 Å². The van der Waals surface area contributed by atoms with Gasteiger partial charge in [0.2, 0.25) is 0 Å².